The van der Waals surface area contributed by atoms with Gasteiger partial charge in [-0.15, -0.1) is 11.3 Å². The molecule has 104 valence electrons. The summed E-state index contributed by atoms with van der Waals surface area (Å²) < 4.78 is 4.91. The van der Waals surface area contributed by atoms with E-state index in [0.29, 0.717) is 16.3 Å². The predicted molar refractivity (Wildman–Crippen MR) is 78.8 cm³/mol. The van der Waals surface area contributed by atoms with E-state index < -0.39 is 5.97 Å². The van der Waals surface area contributed by atoms with Crippen LogP contribution in [-0.2, 0) is 9.53 Å². The summed E-state index contributed by atoms with van der Waals surface area (Å²) in [6, 6.07) is 8.98. The fourth-order valence-electron chi connectivity index (χ4n) is 1.60. The Morgan fingerprint density at radius 3 is 2.80 bits per heavy atom. The Bertz CT molecular complexity index is 637. The Morgan fingerprint density at radius 2 is 2.15 bits per heavy atom. The second-order valence-corrected chi connectivity index (χ2v) is 5.11. The molecule has 0 spiro atoms. The van der Waals surface area contributed by atoms with E-state index in [1.54, 1.807) is 17.5 Å². The lowest BCUT2D eigenvalue weighted by Crippen LogP contribution is -2.20. The highest BCUT2D eigenvalue weighted by Gasteiger charge is 2.14. The number of nitrogen functional groups attached to an aromatic ring is 1. The van der Waals surface area contributed by atoms with Gasteiger partial charge in [0.05, 0.1) is 5.69 Å². The average molecular weight is 290 g/mol. The number of benzene rings is 1. The van der Waals surface area contributed by atoms with Gasteiger partial charge < -0.3 is 15.8 Å². The Labute approximate surface area is 120 Å². The van der Waals surface area contributed by atoms with Crippen LogP contribution in [0.3, 0.4) is 0 Å². The van der Waals surface area contributed by atoms with Crippen molar-refractivity contribution in [2.75, 3.05) is 17.7 Å². The van der Waals surface area contributed by atoms with E-state index in [9.17, 15) is 9.59 Å². The van der Waals surface area contributed by atoms with Crippen molar-refractivity contribution in [2.24, 2.45) is 0 Å². The first-order valence-electron chi connectivity index (χ1n) is 5.93. The first kappa shape index (κ1) is 14.1. The number of amides is 1. The summed E-state index contributed by atoms with van der Waals surface area (Å²) >= 11 is 1.18. The molecule has 0 bridgehead atoms. The molecule has 0 atom stereocenters. The van der Waals surface area contributed by atoms with E-state index in [0.717, 1.165) is 5.56 Å². The molecule has 0 saturated carbocycles. The number of ether oxygens (including phenoxy) is 1. The number of carbonyl (C=O) groups excluding carboxylic acids is 2. The Balaban J connectivity index is 1.87. The summed E-state index contributed by atoms with van der Waals surface area (Å²) in [5.74, 6) is -0.976. The third-order valence-electron chi connectivity index (χ3n) is 2.52. The highest BCUT2D eigenvalue weighted by molar-refractivity contribution is 7.12. The Morgan fingerprint density at radius 1 is 1.35 bits per heavy atom. The van der Waals surface area contributed by atoms with Crippen molar-refractivity contribution < 1.29 is 14.3 Å². The van der Waals surface area contributed by atoms with E-state index in [4.69, 9.17) is 10.5 Å². The molecule has 1 heterocycles. The maximum atomic E-state index is 11.7. The van der Waals surface area contributed by atoms with Crippen LogP contribution in [0.1, 0.15) is 15.2 Å². The third kappa shape index (κ3) is 3.58. The van der Waals surface area contributed by atoms with Gasteiger partial charge in [-0.1, -0.05) is 12.1 Å². The molecule has 0 fully saturated rings. The van der Waals surface area contributed by atoms with Crippen molar-refractivity contribution in [3.8, 4) is 0 Å². The van der Waals surface area contributed by atoms with Crippen molar-refractivity contribution in [1.82, 2.24) is 0 Å². The zero-order valence-corrected chi connectivity index (χ0v) is 11.7. The van der Waals surface area contributed by atoms with Gasteiger partial charge in [0.15, 0.2) is 6.61 Å². The largest absolute Gasteiger partial charge is 0.451 e. The average Bonchev–Trinajstić information content (AvgIpc) is 2.82. The molecule has 1 aromatic carbocycles. The lowest BCUT2D eigenvalue weighted by molar-refractivity contribution is -0.119. The number of rotatable bonds is 4. The molecule has 6 heteroatoms. The van der Waals surface area contributed by atoms with Crippen molar-refractivity contribution in [1.29, 1.82) is 0 Å². The quantitative estimate of drug-likeness (QED) is 0.847. The van der Waals surface area contributed by atoms with Gasteiger partial charge in [-0.2, -0.15) is 0 Å². The zero-order chi connectivity index (χ0) is 14.5. The lowest BCUT2D eigenvalue weighted by atomic mass is 10.2. The SMILES string of the molecule is Cc1cccc(NC(=O)COC(=O)c2sccc2N)c1. The number of thiophene rings is 1. The number of hydrogen-bond acceptors (Lipinski definition) is 5. The van der Waals surface area contributed by atoms with Crippen LogP contribution in [0, 0.1) is 6.92 Å². The number of esters is 1. The number of nitrogens with two attached hydrogens (primary N) is 1. The molecule has 0 unspecified atom stereocenters. The predicted octanol–water partition coefficient (Wildman–Crippen LogP) is 2.43. The summed E-state index contributed by atoms with van der Waals surface area (Å²) in [6.45, 7) is 1.58. The van der Waals surface area contributed by atoms with Crippen LogP contribution in [0.15, 0.2) is 35.7 Å². The highest BCUT2D eigenvalue weighted by Crippen LogP contribution is 2.19. The summed E-state index contributed by atoms with van der Waals surface area (Å²) in [5, 5.41) is 4.35. The fraction of sp³-hybridized carbons (Fsp3) is 0.143. The van der Waals surface area contributed by atoms with Gasteiger partial charge >= 0.3 is 5.97 Å². The molecule has 0 aliphatic heterocycles. The minimum absolute atomic E-state index is 0.313. The minimum Gasteiger partial charge on any atom is -0.451 e. The van der Waals surface area contributed by atoms with Gasteiger partial charge in [-0.3, -0.25) is 4.79 Å². The van der Waals surface area contributed by atoms with E-state index in [-0.39, 0.29) is 12.5 Å². The van der Waals surface area contributed by atoms with Crippen LogP contribution in [0.2, 0.25) is 0 Å². The second-order valence-electron chi connectivity index (χ2n) is 4.20. The first-order chi connectivity index (χ1) is 9.56. The number of carbonyl (C=O) groups is 2. The van der Waals surface area contributed by atoms with Gasteiger partial charge in [-0.05, 0) is 36.1 Å². The molecular weight excluding hydrogens is 276 g/mol. The van der Waals surface area contributed by atoms with E-state index in [1.165, 1.54) is 11.3 Å². The molecule has 2 rings (SSSR count). The van der Waals surface area contributed by atoms with Crippen LogP contribution in [0.4, 0.5) is 11.4 Å². The van der Waals surface area contributed by atoms with Crippen molar-refractivity contribution in [2.45, 2.75) is 6.92 Å². The molecule has 0 radical (unpaired) electrons. The molecule has 0 aliphatic rings. The zero-order valence-electron chi connectivity index (χ0n) is 10.9. The number of hydrogen-bond donors (Lipinski definition) is 2. The van der Waals surface area contributed by atoms with Crippen molar-refractivity contribution >= 4 is 34.6 Å². The summed E-state index contributed by atoms with van der Waals surface area (Å²) in [5.41, 5.74) is 7.66. The van der Waals surface area contributed by atoms with E-state index in [2.05, 4.69) is 5.32 Å². The molecule has 5 nitrogen and oxygen atoms in total. The smallest absolute Gasteiger partial charge is 0.350 e. The van der Waals surface area contributed by atoms with E-state index >= 15 is 0 Å². The number of nitrogens with one attached hydrogen (secondary N) is 1. The van der Waals surface area contributed by atoms with Gasteiger partial charge in [0.2, 0.25) is 0 Å². The molecule has 20 heavy (non-hydrogen) atoms. The van der Waals surface area contributed by atoms with Crippen LogP contribution < -0.4 is 11.1 Å². The van der Waals surface area contributed by atoms with Crippen molar-refractivity contribution in [3.05, 3.63) is 46.2 Å². The fourth-order valence-corrected chi connectivity index (χ4v) is 2.31. The normalized spacial score (nSPS) is 10.1. The van der Waals surface area contributed by atoms with Crippen LogP contribution in [0.5, 0.6) is 0 Å². The van der Waals surface area contributed by atoms with Crippen molar-refractivity contribution in [3.63, 3.8) is 0 Å². The highest BCUT2D eigenvalue weighted by atomic mass is 32.1. The molecular formula is C14H14N2O3S. The third-order valence-corrected chi connectivity index (χ3v) is 3.43. The van der Waals surface area contributed by atoms with Gasteiger partial charge in [0.1, 0.15) is 4.88 Å². The lowest BCUT2D eigenvalue weighted by Gasteiger charge is -2.06. The summed E-state index contributed by atoms with van der Waals surface area (Å²) in [6.07, 6.45) is 0. The molecule has 0 saturated heterocycles. The van der Waals surface area contributed by atoms with Gasteiger partial charge in [0.25, 0.3) is 5.91 Å². The number of aryl methyl sites for hydroxylation is 1. The molecule has 2 aromatic rings. The Hall–Kier alpha value is -2.34. The van der Waals surface area contributed by atoms with Gasteiger partial charge in [0, 0.05) is 5.69 Å². The maximum absolute atomic E-state index is 11.7. The minimum atomic E-state index is -0.586. The molecule has 3 N–H and O–H groups in total. The standard InChI is InChI=1S/C14H14N2O3S/c1-9-3-2-4-10(7-9)16-12(17)8-19-14(18)13-11(15)5-6-20-13/h2-7H,8,15H2,1H3,(H,16,17). The topological polar surface area (TPSA) is 81.4 Å². The first-order valence-corrected chi connectivity index (χ1v) is 6.81. The maximum Gasteiger partial charge on any atom is 0.350 e. The molecule has 1 amide bonds. The monoisotopic (exact) mass is 290 g/mol. The molecule has 1 aromatic heterocycles. The summed E-state index contributed by atoms with van der Waals surface area (Å²) in [7, 11) is 0. The number of anilines is 2. The van der Waals surface area contributed by atoms with Gasteiger partial charge in [-0.25, -0.2) is 4.79 Å². The molecule has 0 aliphatic carbocycles. The van der Waals surface area contributed by atoms with E-state index in [1.807, 2.05) is 25.1 Å². The van der Waals surface area contributed by atoms with Crippen LogP contribution >= 0.6 is 11.3 Å². The summed E-state index contributed by atoms with van der Waals surface area (Å²) in [4.78, 5) is 23.6. The Kier molecular flexibility index (Phi) is 4.37. The van der Waals surface area contributed by atoms with Crippen LogP contribution in [0.25, 0.3) is 0 Å². The second kappa shape index (κ2) is 6.21. The van der Waals surface area contributed by atoms with Crippen LogP contribution in [-0.4, -0.2) is 18.5 Å².